The van der Waals surface area contributed by atoms with Crippen molar-refractivity contribution in [3.8, 4) is 0 Å². The molecule has 29 heavy (non-hydrogen) atoms. The number of anilines is 1. The lowest BCUT2D eigenvalue weighted by Crippen LogP contribution is -2.30. The van der Waals surface area contributed by atoms with E-state index in [2.05, 4.69) is 22.2 Å². The number of carbonyl (C=O) groups is 1. The van der Waals surface area contributed by atoms with Crippen molar-refractivity contribution in [2.75, 3.05) is 30.3 Å². The van der Waals surface area contributed by atoms with Crippen molar-refractivity contribution in [2.45, 2.75) is 70.0 Å². The summed E-state index contributed by atoms with van der Waals surface area (Å²) in [6.45, 7) is 5.43. The van der Waals surface area contributed by atoms with Crippen LogP contribution >= 0.6 is 11.8 Å². The lowest BCUT2D eigenvalue weighted by molar-refractivity contribution is -0.122. The van der Waals surface area contributed by atoms with E-state index in [1.165, 1.54) is 44.9 Å². The Labute approximate surface area is 177 Å². The van der Waals surface area contributed by atoms with Crippen molar-refractivity contribution in [2.24, 2.45) is 5.92 Å². The molecule has 0 spiro atoms. The highest BCUT2D eigenvalue weighted by atomic mass is 32.2. The molecule has 1 aliphatic heterocycles. The molecule has 3 heterocycles. The summed E-state index contributed by atoms with van der Waals surface area (Å²) in [5.74, 6) is 2.70. The van der Waals surface area contributed by atoms with Crippen molar-refractivity contribution in [1.82, 2.24) is 25.1 Å². The fraction of sp³-hybridized carbons (Fsp3) is 0.714. The van der Waals surface area contributed by atoms with Gasteiger partial charge in [0.05, 0.1) is 18.1 Å². The molecule has 0 bridgehead atoms. The quantitative estimate of drug-likeness (QED) is 0.523. The molecular formula is C21H32N6OS. The highest BCUT2D eigenvalue weighted by Gasteiger charge is 2.21. The molecule has 8 heteroatoms. The number of hydrogen-bond donors (Lipinski definition) is 1. The predicted molar refractivity (Wildman–Crippen MR) is 117 cm³/mol. The smallest absolute Gasteiger partial charge is 0.220 e. The monoisotopic (exact) mass is 416 g/mol. The summed E-state index contributed by atoms with van der Waals surface area (Å²) in [6, 6.07) is 0. The van der Waals surface area contributed by atoms with Crippen LogP contribution in [0.5, 0.6) is 0 Å². The van der Waals surface area contributed by atoms with Crippen LogP contribution in [0.3, 0.4) is 0 Å². The molecule has 1 saturated carbocycles. The molecule has 158 valence electrons. The van der Waals surface area contributed by atoms with E-state index in [1.807, 2.05) is 10.9 Å². The summed E-state index contributed by atoms with van der Waals surface area (Å²) in [7, 11) is 0. The first-order valence-corrected chi connectivity index (χ1v) is 12.1. The number of thioether (sulfide) groups is 1. The molecule has 7 nitrogen and oxygen atoms in total. The average Bonchev–Trinajstić information content (AvgIpc) is 3.39. The molecule has 0 unspecified atom stereocenters. The van der Waals surface area contributed by atoms with Crippen molar-refractivity contribution < 1.29 is 4.79 Å². The summed E-state index contributed by atoms with van der Waals surface area (Å²) >= 11 is 1.67. The molecule has 1 aliphatic carbocycles. The molecular weight excluding hydrogens is 384 g/mol. The van der Waals surface area contributed by atoms with E-state index in [9.17, 15) is 4.79 Å². The van der Waals surface area contributed by atoms with Crippen LogP contribution in [-0.4, -0.2) is 51.0 Å². The molecule has 2 aromatic heterocycles. The number of nitrogens with zero attached hydrogens (tertiary/aromatic N) is 5. The van der Waals surface area contributed by atoms with E-state index in [0.717, 1.165) is 40.9 Å². The fourth-order valence-electron chi connectivity index (χ4n) is 4.48. The minimum Gasteiger partial charge on any atom is -0.356 e. The van der Waals surface area contributed by atoms with E-state index >= 15 is 0 Å². The summed E-state index contributed by atoms with van der Waals surface area (Å²) in [5, 5.41) is 9.48. The van der Waals surface area contributed by atoms with Crippen LogP contribution in [-0.2, 0) is 11.3 Å². The Morgan fingerprint density at radius 1 is 1.17 bits per heavy atom. The molecule has 0 atom stereocenters. The van der Waals surface area contributed by atoms with Crippen molar-refractivity contribution in [1.29, 1.82) is 0 Å². The van der Waals surface area contributed by atoms with Gasteiger partial charge in [0.1, 0.15) is 5.82 Å². The first-order chi connectivity index (χ1) is 14.2. The number of amides is 1. The van der Waals surface area contributed by atoms with Gasteiger partial charge in [0, 0.05) is 26.1 Å². The van der Waals surface area contributed by atoms with Gasteiger partial charge in [-0.25, -0.2) is 14.6 Å². The average molecular weight is 417 g/mol. The van der Waals surface area contributed by atoms with Gasteiger partial charge in [-0.05, 0) is 43.8 Å². The second-order valence-corrected chi connectivity index (χ2v) is 9.35. The first kappa shape index (κ1) is 20.4. The summed E-state index contributed by atoms with van der Waals surface area (Å²) < 4.78 is 1.92. The zero-order valence-corrected chi connectivity index (χ0v) is 18.2. The van der Waals surface area contributed by atoms with Crippen LogP contribution in [0.1, 0.15) is 58.3 Å². The normalized spacial score (nSPS) is 17.9. The maximum Gasteiger partial charge on any atom is 0.220 e. The maximum absolute atomic E-state index is 12.2. The molecule has 0 radical (unpaired) electrons. The molecule has 4 rings (SSSR count). The number of fused-ring (bicyclic) bond motifs is 1. The van der Waals surface area contributed by atoms with Crippen LogP contribution in [0.2, 0.25) is 0 Å². The third kappa shape index (κ3) is 5.02. The molecule has 1 saturated heterocycles. The number of hydrogen-bond acceptors (Lipinski definition) is 6. The van der Waals surface area contributed by atoms with Gasteiger partial charge in [0.2, 0.25) is 5.91 Å². The van der Waals surface area contributed by atoms with Crippen LogP contribution in [0.25, 0.3) is 11.0 Å². The zero-order valence-electron chi connectivity index (χ0n) is 17.4. The summed E-state index contributed by atoms with van der Waals surface area (Å²) in [4.78, 5) is 24.2. The number of nitrogens with one attached hydrogen (secondary N) is 1. The van der Waals surface area contributed by atoms with Crippen molar-refractivity contribution in [3.63, 3.8) is 0 Å². The SMILES string of the molecule is CCSc1nc(N2CCCCC2)c2cnn(CCNC(=O)CC3CCCC3)c2n1. The Morgan fingerprint density at radius 3 is 2.72 bits per heavy atom. The van der Waals surface area contributed by atoms with E-state index in [4.69, 9.17) is 9.97 Å². The molecule has 1 N–H and O–H groups in total. The van der Waals surface area contributed by atoms with Crippen molar-refractivity contribution >= 4 is 34.5 Å². The Morgan fingerprint density at radius 2 is 1.97 bits per heavy atom. The molecule has 1 amide bonds. The number of rotatable bonds is 8. The lowest BCUT2D eigenvalue weighted by atomic mass is 10.0. The maximum atomic E-state index is 12.2. The minimum absolute atomic E-state index is 0.166. The molecule has 2 fully saturated rings. The topological polar surface area (TPSA) is 75.9 Å². The Hall–Kier alpha value is -1.83. The number of aromatic nitrogens is 4. The van der Waals surface area contributed by atoms with E-state index in [0.29, 0.717) is 25.4 Å². The van der Waals surface area contributed by atoms with Gasteiger partial charge in [-0.1, -0.05) is 31.5 Å². The highest BCUT2D eigenvalue weighted by Crippen LogP contribution is 2.29. The largest absolute Gasteiger partial charge is 0.356 e. The second-order valence-electron chi connectivity index (χ2n) is 8.12. The first-order valence-electron chi connectivity index (χ1n) is 11.1. The number of carbonyl (C=O) groups excluding carboxylic acids is 1. The number of piperidine rings is 1. The van der Waals surface area contributed by atoms with Gasteiger partial charge in [-0.2, -0.15) is 5.10 Å². The summed E-state index contributed by atoms with van der Waals surface area (Å²) in [6.07, 6.45) is 11.2. The molecule has 0 aromatic carbocycles. The van der Waals surface area contributed by atoms with E-state index in [1.54, 1.807) is 11.8 Å². The van der Waals surface area contributed by atoms with Gasteiger partial charge < -0.3 is 10.2 Å². The van der Waals surface area contributed by atoms with Crippen molar-refractivity contribution in [3.05, 3.63) is 6.20 Å². The standard InChI is InChI=1S/C21H32N6OS/c1-2-29-21-24-19(26-11-6-3-7-12-26)17-15-23-27(20(17)25-21)13-10-22-18(28)14-16-8-4-5-9-16/h15-16H,2-14H2,1H3,(H,22,28). The Bertz CT molecular complexity index is 826. The van der Waals surface area contributed by atoms with Crippen LogP contribution < -0.4 is 10.2 Å². The Kier molecular flexibility index (Phi) is 6.90. The Balaban J connectivity index is 1.46. The lowest BCUT2D eigenvalue weighted by Gasteiger charge is -2.28. The van der Waals surface area contributed by atoms with Crippen LogP contribution in [0.4, 0.5) is 5.82 Å². The second kappa shape index (κ2) is 9.78. The zero-order chi connectivity index (χ0) is 20.1. The van der Waals surface area contributed by atoms with Crippen LogP contribution in [0.15, 0.2) is 11.4 Å². The van der Waals surface area contributed by atoms with Gasteiger partial charge in [0.15, 0.2) is 10.8 Å². The highest BCUT2D eigenvalue weighted by molar-refractivity contribution is 7.99. The van der Waals surface area contributed by atoms with Gasteiger partial charge >= 0.3 is 0 Å². The third-order valence-electron chi connectivity index (χ3n) is 5.98. The summed E-state index contributed by atoms with van der Waals surface area (Å²) in [5.41, 5.74) is 0.876. The van der Waals surface area contributed by atoms with Gasteiger partial charge in [0.25, 0.3) is 0 Å². The third-order valence-corrected chi connectivity index (χ3v) is 6.71. The van der Waals surface area contributed by atoms with E-state index in [-0.39, 0.29) is 5.91 Å². The predicted octanol–water partition coefficient (Wildman–Crippen LogP) is 3.63. The van der Waals surface area contributed by atoms with Gasteiger partial charge in [-0.15, -0.1) is 0 Å². The van der Waals surface area contributed by atoms with E-state index < -0.39 is 0 Å². The van der Waals surface area contributed by atoms with Gasteiger partial charge in [-0.3, -0.25) is 4.79 Å². The molecule has 2 aliphatic rings. The van der Waals surface area contributed by atoms with Crippen LogP contribution in [0, 0.1) is 5.92 Å². The fourth-order valence-corrected chi connectivity index (χ4v) is 5.04. The minimum atomic E-state index is 0.166. The molecule has 2 aromatic rings.